The number of para-hydroxylation sites is 1. The van der Waals surface area contributed by atoms with Gasteiger partial charge >= 0.3 is 0 Å². The Hall–Kier alpha value is -0.990. The van der Waals surface area contributed by atoms with Crippen LogP contribution in [-0.2, 0) is 0 Å². The molecule has 2 nitrogen and oxygen atoms in total. The van der Waals surface area contributed by atoms with Gasteiger partial charge in [-0.2, -0.15) is 0 Å². The molecule has 22 heavy (non-hydrogen) atoms. The first kappa shape index (κ1) is 14.6. The summed E-state index contributed by atoms with van der Waals surface area (Å²) in [7, 11) is 0. The van der Waals surface area contributed by atoms with Crippen molar-refractivity contribution in [2.45, 2.75) is 31.7 Å². The summed E-state index contributed by atoms with van der Waals surface area (Å²) >= 11 is 6.24. The van der Waals surface area contributed by atoms with Crippen molar-refractivity contribution in [1.29, 1.82) is 0 Å². The summed E-state index contributed by atoms with van der Waals surface area (Å²) in [6.07, 6.45) is 10.2. The fraction of sp³-hybridized carbons (Fsp3) is 0.579. The lowest BCUT2D eigenvalue weighted by atomic mass is 9.92. The summed E-state index contributed by atoms with van der Waals surface area (Å²) in [5, 5.41) is 4.45. The van der Waals surface area contributed by atoms with Crippen molar-refractivity contribution in [3.05, 3.63) is 41.4 Å². The minimum atomic E-state index is 0.566. The van der Waals surface area contributed by atoms with E-state index in [1.165, 1.54) is 45.3 Å². The van der Waals surface area contributed by atoms with E-state index in [1.807, 2.05) is 18.2 Å². The summed E-state index contributed by atoms with van der Waals surface area (Å²) in [6, 6.07) is 8.64. The molecule has 2 aliphatic carbocycles. The summed E-state index contributed by atoms with van der Waals surface area (Å²) in [5.74, 6) is 2.70. The zero-order valence-electron chi connectivity index (χ0n) is 13.0. The first-order valence-corrected chi connectivity index (χ1v) is 9.07. The highest BCUT2D eigenvalue weighted by atomic mass is 35.5. The maximum absolute atomic E-state index is 6.24. The number of nitrogens with one attached hydrogen (secondary N) is 1. The maximum atomic E-state index is 6.24. The number of anilines is 1. The van der Waals surface area contributed by atoms with Gasteiger partial charge in [-0.25, -0.2) is 0 Å². The molecule has 0 amide bonds. The Morgan fingerprint density at radius 2 is 1.91 bits per heavy atom. The second-order valence-electron chi connectivity index (χ2n) is 7.24. The number of nitrogens with zero attached hydrogens (tertiary/aromatic N) is 1. The first-order chi connectivity index (χ1) is 10.8. The number of likely N-dealkylation sites (tertiary alicyclic amines) is 1. The van der Waals surface area contributed by atoms with Gasteiger partial charge in [0.25, 0.3) is 0 Å². The van der Waals surface area contributed by atoms with Gasteiger partial charge in [-0.1, -0.05) is 35.9 Å². The third kappa shape index (κ3) is 3.04. The molecule has 1 heterocycles. The third-order valence-electron chi connectivity index (χ3n) is 5.73. The van der Waals surface area contributed by atoms with Gasteiger partial charge in [-0.15, -0.1) is 0 Å². The number of piperidine rings is 1. The van der Waals surface area contributed by atoms with Crippen LogP contribution >= 0.6 is 11.6 Å². The van der Waals surface area contributed by atoms with Gasteiger partial charge in [0.1, 0.15) is 0 Å². The number of halogens is 1. The topological polar surface area (TPSA) is 15.3 Å². The zero-order chi connectivity index (χ0) is 14.9. The van der Waals surface area contributed by atoms with E-state index in [2.05, 4.69) is 28.4 Å². The highest BCUT2D eigenvalue weighted by molar-refractivity contribution is 6.33. The molecule has 2 bridgehead atoms. The number of hydrogen-bond acceptors (Lipinski definition) is 2. The summed E-state index contributed by atoms with van der Waals surface area (Å²) in [6.45, 7) is 3.75. The van der Waals surface area contributed by atoms with Crippen LogP contribution in [0.25, 0.3) is 0 Å². The van der Waals surface area contributed by atoms with Crippen molar-refractivity contribution in [3.63, 3.8) is 0 Å². The molecule has 1 aromatic carbocycles. The van der Waals surface area contributed by atoms with E-state index >= 15 is 0 Å². The standard InChI is InChI=1S/C19H25ClN2/c20-18-3-1-2-4-19(18)21-17-7-9-22(10-8-17)13-16-12-14-5-6-15(16)11-14/h1-6,14-17,21H,7-13H2/t14-,15+,16+/m1/s1. The SMILES string of the molecule is Clc1ccccc1NC1CCN(C[C@@H]2C[C@@H]3C=C[C@H]2C3)CC1. The summed E-state index contributed by atoms with van der Waals surface area (Å²) in [5.41, 5.74) is 1.08. The van der Waals surface area contributed by atoms with Crippen molar-refractivity contribution in [2.24, 2.45) is 17.8 Å². The molecule has 0 unspecified atom stereocenters. The molecule has 3 atom stereocenters. The molecular weight excluding hydrogens is 292 g/mol. The molecule has 118 valence electrons. The van der Waals surface area contributed by atoms with Gasteiger partial charge in [-0.3, -0.25) is 0 Å². The van der Waals surface area contributed by atoms with Gasteiger partial charge < -0.3 is 10.2 Å². The predicted octanol–water partition coefficient (Wildman–Crippen LogP) is 4.43. The summed E-state index contributed by atoms with van der Waals surface area (Å²) < 4.78 is 0. The number of fused-ring (bicyclic) bond motifs is 2. The first-order valence-electron chi connectivity index (χ1n) is 8.69. The Kier molecular flexibility index (Phi) is 4.15. The molecule has 3 aliphatic rings. The largest absolute Gasteiger partial charge is 0.381 e. The van der Waals surface area contributed by atoms with Crippen molar-refractivity contribution in [3.8, 4) is 0 Å². The average Bonchev–Trinajstić information content (AvgIpc) is 3.14. The van der Waals surface area contributed by atoms with E-state index in [-0.39, 0.29) is 0 Å². The Morgan fingerprint density at radius 1 is 1.09 bits per heavy atom. The number of hydrogen-bond donors (Lipinski definition) is 1. The molecule has 1 aliphatic heterocycles. The van der Waals surface area contributed by atoms with Crippen LogP contribution in [0.4, 0.5) is 5.69 Å². The minimum Gasteiger partial charge on any atom is -0.381 e. The lowest BCUT2D eigenvalue weighted by molar-refractivity contribution is 0.177. The fourth-order valence-corrected chi connectivity index (χ4v) is 4.68. The molecule has 2 fully saturated rings. The third-order valence-corrected chi connectivity index (χ3v) is 6.06. The van der Waals surface area contributed by atoms with E-state index in [1.54, 1.807) is 0 Å². The molecule has 4 rings (SSSR count). The van der Waals surface area contributed by atoms with Crippen LogP contribution in [0, 0.1) is 17.8 Å². The van der Waals surface area contributed by atoms with Gasteiger partial charge in [0.2, 0.25) is 0 Å². The molecule has 1 saturated heterocycles. The van der Waals surface area contributed by atoms with E-state index in [9.17, 15) is 0 Å². The van der Waals surface area contributed by atoms with E-state index in [0.29, 0.717) is 6.04 Å². The second-order valence-corrected chi connectivity index (χ2v) is 7.65. The quantitative estimate of drug-likeness (QED) is 0.827. The smallest absolute Gasteiger partial charge is 0.0637 e. The van der Waals surface area contributed by atoms with Gasteiger partial charge in [0.15, 0.2) is 0 Å². The molecule has 1 saturated carbocycles. The molecule has 0 radical (unpaired) electrons. The monoisotopic (exact) mass is 316 g/mol. The second kappa shape index (κ2) is 6.25. The Bertz CT molecular complexity index is 548. The van der Waals surface area contributed by atoms with E-state index in [0.717, 1.165) is 28.5 Å². The van der Waals surface area contributed by atoms with Crippen molar-refractivity contribution >= 4 is 17.3 Å². The van der Waals surface area contributed by atoms with Gasteiger partial charge in [-0.05, 0) is 55.6 Å². The van der Waals surface area contributed by atoms with Crippen LogP contribution < -0.4 is 5.32 Å². The normalized spacial score (nSPS) is 31.8. The molecule has 1 N–H and O–H groups in total. The van der Waals surface area contributed by atoms with Crippen LogP contribution in [0.5, 0.6) is 0 Å². The Balaban J connectivity index is 1.26. The van der Waals surface area contributed by atoms with Crippen molar-refractivity contribution in [2.75, 3.05) is 25.0 Å². The van der Waals surface area contributed by atoms with E-state index < -0.39 is 0 Å². The number of rotatable bonds is 4. The van der Waals surface area contributed by atoms with Crippen LogP contribution in [0.1, 0.15) is 25.7 Å². The number of benzene rings is 1. The molecule has 0 spiro atoms. The lowest BCUT2D eigenvalue weighted by Gasteiger charge is -2.35. The number of allylic oxidation sites excluding steroid dienone is 2. The van der Waals surface area contributed by atoms with Gasteiger partial charge in [0.05, 0.1) is 10.7 Å². The molecule has 3 heteroatoms. The van der Waals surface area contributed by atoms with Crippen LogP contribution in [0.2, 0.25) is 5.02 Å². The average molecular weight is 317 g/mol. The molecular formula is C19H25ClN2. The van der Waals surface area contributed by atoms with Crippen LogP contribution in [0.3, 0.4) is 0 Å². The Morgan fingerprint density at radius 3 is 2.59 bits per heavy atom. The predicted molar refractivity (Wildman–Crippen MR) is 93.4 cm³/mol. The van der Waals surface area contributed by atoms with Crippen molar-refractivity contribution < 1.29 is 0 Å². The maximum Gasteiger partial charge on any atom is 0.0637 e. The minimum absolute atomic E-state index is 0.566. The Labute approximate surface area is 138 Å². The van der Waals surface area contributed by atoms with Gasteiger partial charge in [0, 0.05) is 25.7 Å². The molecule has 1 aromatic rings. The fourth-order valence-electron chi connectivity index (χ4n) is 4.49. The highest BCUT2D eigenvalue weighted by Crippen LogP contribution is 2.43. The summed E-state index contributed by atoms with van der Waals surface area (Å²) in [4.78, 5) is 2.68. The lowest BCUT2D eigenvalue weighted by Crippen LogP contribution is -2.41. The molecule has 0 aromatic heterocycles. The van der Waals surface area contributed by atoms with Crippen LogP contribution in [-0.4, -0.2) is 30.6 Å². The zero-order valence-corrected chi connectivity index (χ0v) is 13.8. The van der Waals surface area contributed by atoms with Crippen molar-refractivity contribution in [1.82, 2.24) is 4.90 Å². The van der Waals surface area contributed by atoms with Crippen LogP contribution in [0.15, 0.2) is 36.4 Å². The van der Waals surface area contributed by atoms with E-state index in [4.69, 9.17) is 11.6 Å². The highest BCUT2D eigenvalue weighted by Gasteiger charge is 2.36.